The van der Waals surface area contributed by atoms with Gasteiger partial charge in [-0.05, 0) is 111 Å². The molecule has 0 aromatic heterocycles. The van der Waals surface area contributed by atoms with Crippen LogP contribution >= 0.6 is 0 Å². The number of hydrogen-bond acceptors (Lipinski definition) is 7. The number of carbonyl (C=O) groups is 2. The molecule has 8 nitrogen and oxygen atoms in total. The Morgan fingerprint density at radius 2 is 1.98 bits per heavy atom. The summed E-state index contributed by atoms with van der Waals surface area (Å²) >= 11 is 0. The molecule has 2 bridgehead atoms. The van der Waals surface area contributed by atoms with Crippen molar-refractivity contribution in [1.82, 2.24) is 5.32 Å². The minimum absolute atomic E-state index is 0.0400. The summed E-state index contributed by atoms with van der Waals surface area (Å²) in [6.45, 7) is 10.6. The number of aliphatic hydroxyl groups is 3. The Morgan fingerprint density at radius 1 is 1.17 bits per heavy atom. The van der Waals surface area contributed by atoms with Crippen LogP contribution < -0.4 is 11.1 Å². The predicted molar refractivity (Wildman–Crippen MR) is 207 cm³/mol. The molecule has 2 saturated carbocycles. The molecule has 1 amide bonds. The minimum atomic E-state index is -1.25. The number of rotatable bonds is 6. The van der Waals surface area contributed by atoms with E-state index >= 15 is 0 Å². The first-order valence-corrected chi connectivity index (χ1v) is 19.2. The average molecular weight is 721 g/mol. The van der Waals surface area contributed by atoms with Crippen molar-refractivity contribution in [2.75, 3.05) is 19.8 Å². The Balaban J connectivity index is 1.37. The first kappa shape index (κ1) is 38.9. The first-order valence-electron chi connectivity index (χ1n) is 19.2. The highest BCUT2D eigenvalue weighted by Gasteiger charge is 2.68. The van der Waals surface area contributed by atoms with Crippen molar-refractivity contribution in [2.45, 2.75) is 109 Å². The number of allylic oxidation sites excluding steroid dienone is 9. The number of Topliss-reactive ketones (excluding diaryl/α,β-unsaturated/α-hetero) is 1. The number of aliphatic hydroxyl groups excluding tert-OH is 2. The highest BCUT2D eigenvalue weighted by atomic mass is 16.5. The lowest BCUT2D eigenvalue weighted by Gasteiger charge is -2.56. The molecule has 6 N–H and O–H groups in total. The Hall–Kier alpha value is -3.84. The van der Waals surface area contributed by atoms with Gasteiger partial charge >= 0.3 is 0 Å². The van der Waals surface area contributed by atoms with Crippen LogP contribution in [0, 0.1) is 28.6 Å². The Labute approximate surface area is 314 Å². The van der Waals surface area contributed by atoms with Crippen LogP contribution in [0.2, 0.25) is 0 Å². The van der Waals surface area contributed by atoms with Gasteiger partial charge in [-0.2, -0.15) is 0 Å². The molecule has 0 radical (unpaired) electrons. The van der Waals surface area contributed by atoms with E-state index in [0.29, 0.717) is 50.5 Å². The fourth-order valence-corrected chi connectivity index (χ4v) is 9.86. The second-order valence-corrected chi connectivity index (χ2v) is 16.1. The number of ether oxygens (including phenoxy) is 1. The molecule has 8 heteroatoms. The summed E-state index contributed by atoms with van der Waals surface area (Å²) in [5.74, 6) is 5.78. The lowest BCUT2D eigenvalue weighted by Crippen LogP contribution is -2.61. The van der Waals surface area contributed by atoms with Crippen LogP contribution in [0.25, 0.3) is 0 Å². The topological polar surface area (TPSA) is 142 Å². The number of nitrogens with two attached hydrogens (primary N) is 1. The zero-order valence-corrected chi connectivity index (χ0v) is 31.6. The lowest BCUT2D eigenvalue weighted by atomic mass is 9.51. The summed E-state index contributed by atoms with van der Waals surface area (Å²) in [6, 6.07) is 5.65. The normalized spacial score (nSPS) is 34.7. The first-order chi connectivity index (χ1) is 25.3. The van der Waals surface area contributed by atoms with Crippen LogP contribution in [-0.4, -0.2) is 58.5 Å². The molecule has 53 heavy (non-hydrogen) atoms. The van der Waals surface area contributed by atoms with Crippen molar-refractivity contribution in [3.05, 3.63) is 105 Å². The quantitative estimate of drug-likeness (QED) is 0.139. The fourth-order valence-electron chi connectivity index (χ4n) is 9.86. The standard InChI is InChI=1S/C45H56N2O6/c1-29-10-5-6-23-53-28-34-25-32(24-30(2)12-7-11-29)16-19-44(34)20-21-45(42(44)51)38(15-9-22-48)35(17-18-43(45,4)52)31(3)39(49)26-33-13-8-14-36-37(33)27-40(50)47-41(36)46/h8,11,13-14,16,19,24-25,38,41-42,48,51-52H,2,7,9-10,12,15,17-18,20-23,26-28,46H2,1,3-4H3,(H,47,50)/b29-11-,32-24-,35-31+/t38-,41-,42-,43-,44-,45-/m1/s1. The van der Waals surface area contributed by atoms with Crippen molar-refractivity contribution in [3.8, 4) is 11.8 Å². The van der Waals surface area contributed by atoms with Crippen LogP contribution in [-0.2, 0) is 27.2 Å². The van der Waals surface area contributed by atoms with E-state index in [1.165, 1.54) is 5.57 Å². The third-order valence-corrected chi connectivity index (χ3v) is 12.8. The fraction of sp³-hybridized carbons (Fsp3) is 0.511. The summed E-state index contributed by atoms with van der Waals surface area (Å²) in [4.78, 5) is 26.6. The molecule has 2 aliphatic heterocycles. The number of amides is 1. The van der Waals surface area contributed by atoms with Gasteiger partial charge in [0.2, 0.25) is 5.91 Å². The Morgan fingerprint density at radius 3 is 2.77 bits per heavy atom. The summed E-state index contributed by atoms with van der Waals surface area (Å²) < 4.78 is 6.17. The maximum Gasteiger partial charge on any atom is 0.225 e. The molecular formula is C45H56N2O6. The van der Waals surface area contributed by atoms with Gasteiger partial charge in [0.25, 0.3) is 0 Å². The largest absolute Gasteiger partial charge is 0.396 e. The second-order valence-electron chi connectivity index (χ2n) is 16.1. The molecule has 282 valence electrons. The molecule has 1 aromatic carbocycles. The van der Waals surface area contributed by atoms with Crippen LogP contribution in [0.1, 0.15) is 101 Å². The number of hydrogen-bond donors (Lipinski definition) is 5. The van der Waals surface area contributed by atoms with Gasteiger partial charge in [-0.1, -0.05) is 83.7 Å². The van der Waals surface area contributed by atoms with Gasteiger partial charge in [0.15, 0.2) is 5.78 Å². The van der Waals surface area contributed by atoms with Gasteiger partial charge in [-0.25, -0.2) is 0 Å². The van der Waals surface area contributed by atoms with Crippen LogP contribution in [0.15, 0.2) is 88.6 Å². The number of nitrogens with one attached hydrogen (secondary N) is 1. The van der Waals surface area contributed by atoms with Crippen LogP contribution in [0.4, 0.5) is 0 Å². The third kappa shape index (κ3) is 7.48. The maximum absolute atomic E-state index is 14.2. The van der Waals surface area contributed by atoms with Gasteiger partial charge in [0, 0.05) is 30.3 Å². The molecule has 1 aromatic rings. The molecule has 2 fully saturated rings. The van der Waals surface area contributed by atoms with Gasteiger partial charge < -0.3 is 31.1 Å². The van der Waals surface area contributed by atoms with Crippen molar-refractivity contribution >= 4 is 11.7 Å². The monoisotopic (exact) mass is 720 g/mol. The molecule has 6 rings (SSSR count). The van der Waals surface area contributed by atoms with Crippen molar-refractivity contribution in [3.63, 3.8) is 0 Å². The molecule has 2 spiro atoms. The second kappa shape index (κ2) is 15.9. The molecule has 0 saturated heterocycles. The maximum atomic E-state index is 14.2. The highest BCUT2D eigenvalue weighted by molar-refractivity contribution is 5.97. The van der Waals surface area contributed by atoms with E-state index < -0.39 is 28.7 Å². The number of fused-ring (bicyclic) bond motifs is 3. The average Bonchev–Trinajstić information content (AvgIpc) is 3.40. The third-order valence-electron chi connectivity index (χ3n) is 12.8. The van der Waals surface area contributed by atoms with Crippen molar-refractivity contribution in [1.29, 1.82) is 0 Å². The molecule has 3 aliphatic carbocycles. The smallest absolute Gasteiger partial charge is 0.225 e. The van der Waals surface area contributed by atoms with Gasteiger partial charge in [0.05, 0.1) is 24.7 Å². The van der Waals surface area contributed by atoms with Crippen molar-refractivity contribution in [2.24, 2.45) is 22.5 Å². The SMILES string of the molecule is C=C1/C=C2/C=C[C@@]3(CC[C@@]4([C@H](CCCO)/C(=C(\C)C(=O)Cc5cccc6c5CC(=O)N[C@H]6N)CC[C@@]4(C)O)[C@@H]3O)C(=C2)COCC#CC/C(C)=C\CC1. The predicted octanol–water partition coefficient (Wildman–Crippen LogP) is 5.93. The minimum Gasteiger partial charge on any atom is -0.396 e. The summed E-state index contributed by atoms with van der Waals surface area (Å²) in [6.07, 6.45) is 14.7. The summed E-state index contributed by atoms with van der Waals surface area (Å²) in [5, 5.41) is 38.3. The van der Waals surface area contributed by atoms with E-state index in [4.69, 9.17) is 10.5 Å². The molecule has 0 unspecified atom stereocenters. The van der Waals surface area contributed by atoms with E-state index in [2.05, 4.69) is 61.0 Å². The van der Waals surface area contributed by atoms with Crippen LogP contribution in [0.5, 0.6) is 0 Å². The van der Waals surface area contributed by atoms with E-state index in [0.717, 1.165) is 51.8 Å². The lowest BCUT2D eigenvalue weighted by molar-refractivity contribution is -0.173. The molecule has 2 heterocycles. The van der Waals surface area contributed by atoms with Crippen LogP contribution in [0.3, 0.4) is 0 Å². The zero-order valence-electron chi connectivity index (χ0n) is 31.6. The van der Waals surface area contributed by atoms with Gasteiger partial charge in [-0.15, -0.1) is 0 Å². The molecule has 6 atom stereocenters. The zero-order chi connectivity index (χ0) is 38.0. The number of carbonyl (C=O) groups excluding carboxylic acids is 2. The molecular weight excluding hydrogens is 665 g/mol. The number of ketones is 1. The highest BCUT2D eigenvalue weighted by Crippen LogP contribution is 2.67. The number of benzene rings is 1. The van der Waals surface area contributed by atoms with Gasteiger partial charge in [-0.3, -0.25) is 9.59 Å². The summed E-state index contributed by atoms with van der Waals surface area (Å²) in [7, 11) is 0. The molecule has 5 aliphatic rings. The van der Waals surface area contributed by atoms with E-state index in [9.17, 15) is 24.9 Å². The van der Waals surface area contributed by atoms with Gasteiger partial charge in [0.1, 0.15) is 12.8 Å². The Kier molecular flexibility index (Phi) is 11.6. The van der Waals surface area contributed by atoms with E-state index in [-0.39, 0.29) is 50.3 Å². The van der Waals surface area contributed by atoms with Crippen molar-refractivity contribution < 1.29 is 29.6 Å². The van der Waals surface area contributed by atoms with E-state index in [1.54, 1.807) is 0 Å². The van der Waals surface area contributed by atoms with E-state index in [1.807, 2.05) is 32.0 Å². The Bertz CT molecular complexity index is 1870. The summed E-state index contributed by atoms with van der Waals surface area (Å²) in [5.41, 5.74) is 11.3.